The van der Waals surface area contributed by atoms with Crippen LogP contribution in [0.15, 0.2) is 48.5 Å². The van der Waals surface area contributed by atoms with Gasteiger partial charge < -0.3 is 10.2 Å². The molecule has 122 valence electrons. The van der Waals surface area contributed by atoms with Gasteiger partial charge >= 0.3 is 0 Å². The molecule has 1 amide bonds. The second-order valence-corrected chi connectivity index (χ2v) is 5.92. The van der Waals surface area contributed by atoms with E-state index in [0.29, 0.717) is 0 Å². The van der Waals surface area contributed by atoms with Gasteiger partial charge in [-0.25, -0.2) is 0 Å². The van der Waals surface area contributed by atoms with Crippen LogP contribution in [-0.4, -0.2) is 30.4 Å². The van der Waals surface area contributed by atoms with E-state index in [9.17, 15) is 4.79 Å². The summed E-state index contributed by atoms with van der Waals surface area (Å²) in [6.07, 6.45) is 0. The Hall–Kier alpha value is -1.84. The normalized spacial score (nSPS) is 10.6. The molecule has 0 aliphatic heterocycles. The van der Waals surface area contributed by atoms with Crippen LogP contribution < -0.4 is 5.32 Å². The highest BCUT2D eigenvalue weighted by Crippen LogP contribution is 2.21. The molecule has 3 nitrogen and oxygen atoms in total. The van der Waals surface area contributed by atoms with E-state index in [0.717, 1.165) is 36.8 Å². The molecule has 23 heavy (non-hydrogen) atoms. The van der Waals surface area contributed by atoms with Gasteiger partial charge in [0.1, 0.15) is 0 Å². The summed E-state index contributed by atoms with van der Waals surface area (Å²) in [6, 6.07) is 16.3. The maximum Gasteiger partial charge on any atom is 0.219 e. The fourth-order valence-corrected chi connectivity index (χ4v) is 2.57. The van der Waals surface area contributed by atoms with Gasteiger partial charge in [-0.1, -0.05) is 48.0 Å². The molecule has 0 atom stereocenters. The van der Waals surface area contributed by atoms with Crippen LogP contribution in [0.3, 0.4) is 0 Å². The Morgan fingerprint density at radius 2 is 1.61 bits per heavy atom. The Kier molecular flexibility index (Phi) is 6.63. The van der Waals surface area contributed by atoms with Crippen molar-refractivity contribution in [2.45, 2.75) is 20.4 Å². The Labute approximate surface area is 143 Å². The molecule has 2 aromatic rings. The van der Waals surface area contributed by atoms with Crippen LogP contribution in [0.1, 0.15) is 19.4 Å². The molecule has 0 saturated carbocycles. The number of amides is 1. The first kappa shape index (κ1) is 17.5. The third-order valence-electron chi connectivity index (χ3n) is 3.85. The minimum atomic E-state index is 0.126. The van der Waals surface area contributed by atoms with E-state index in [2.05, 4.69) is 29.6 Å². The van der Waals surface area contributed by atoms with Crippen LogP contribution in [0.25, 0.3) is 11.1 Å². The standard InChI is InChI=1S/C19H23ClN2O/c1-3-22(15(2)23)13-12-21-14-16-4-6-17(7-5-16)18-8-10-19(20)11-9-18/h4-11,21H,3,12-14H2,1-2H3. The number of hydrogen-bond donors (Lipinski definition) is 1. The molecule has 0 radical (unpaired) electrons. The lowest BCUT2D eigenvalue weighted by Gasteiger charge is -2.18. The number of nitrogens with one attached hydrogen (secondary N) is 1. The number of hydrogen-bond acceptors (Lipinski definition) is 2. The smallest absolute Gasteiger partial charge is 0.219 e. The van der Waals surface area contributed by atoms with Gasteiger partial charge in [-0.2, -0.15) is 0 Å². The van der Waals surface area contributed by atoms with Crippen molar-refractivity contribution in [2.75, 3.05) is 19.6 Å². The van der Waals surface area contributed by atoms with Crippen molar-refractivity contribution >= 4 is 17.5 Å². The van der Waals surface area contributed by atoms with Gasteiger partial charge in [0.2, 0.25) is 5.91 Å². The quantitative estimate of drug-likeness (QED) is 0.779. The van der Waals surface area contributed by atoms with Gasteiger partial charge in [0.25, 0.3) is 0 Å². The number of carbonyl (C=O) groups is 1. The first-order chi connectivity index (χ1) is 11.1. The van der Waals surface area contributed by atoms with Crippen molar-refractivity contribution in [2.24, 2.45) is 0 Å². The molecule has 0 saturated heterocycles. The molecule has 0 aliphatic carbocycles. The second-order valence-electron chi connectivity index (χ2n) is 5.48. The summed E-state index contributed by atoms with van der Waals surface area (Å²) < 4.78 is 0. The van der Waals surface area contributed by atoms with Crippen molar-refractivity contribution in [3.63, 3.8) is 0 Å². The highest BCUT2D eigenvalue weighted by Gasteiger charge is 2.04. The van der Waals surface area contributed by atoms with Gasteiger partial charge in [-0.15, -0.1) is 0 Å². The van der Waals surface area contributed by atoms with Crippen LogP contribution >= 0.6 is 11.6 Å². The predicted molar refractivity (Wildman–Crippen MR) is 96.5 cm³/mol. The zero-order valence-corrected chi connectivity index (χ0v) is 14.4. The summed E-state index contributed by atoms with van der Waals surface area (Å²) in [6.45, 7) is 6.71. The average molecular weight is 331 g/mol. The van der Waals surface area contributed by atoms with Crippen molar-refractivity contribution in [3.05, 3.63) is 59.1 Å². The Bertz CT molecular complexity index is 623. The van der Waals surface area contributed by atoms with Crippen molar-refractivity contribution in [1.29, 1.82) is 0 Å². The fraction of sp³-hybridized carbons (Fsp3) is 0.316. The lowest BCUT2D eigenvalue weighted by Crippen LogP contribution is -2.35. The molecule has 2 aromatic carbocycles. The molecule has 0 heterocycles. The van der Waals surface area contributed by atoms with Gasteiger partial charge in [0, 0.05) is 38.1 Å². The molecule has 0 spiro atoms. The van der Waals surface area contributed by atoms with Crippen molar-refractivity contribution in [3.8, 4) is 11.1 Å². The number of carbonyl (C=O) groups excluding carboxylic acids is 1. The molecule has 0 aliphatic rings. The maximum absolute atomic E-state index is 11.3. The van der Waals surface area contributed by atoms with E-state index < -0.39 is 0 Å². The summed E-state index contributed by atoms with van der Waals surface area (Å²) in [5, 5.41) is 4.13. The number of nitrogens with zero attached hydrogens (tertiary/aromatic N) is 1. The number of likely N-dealkylation sites (N-methyl/N-ethyl adjacent to an activating group) is 1. The zero-order chi connectivity index (χ0) is 16.7. The Morgan fingerprint density at radius 3 is 2.13 bits per heavy atom. The fourth-order valence-electron chi connectivity index (χ4n) is 2.44. The highest BCUT2D eigenvalue weighted by molar-refractivity contribution is 6.30. The first-order valence-electron chi connectivity index (χ1n) is 7.91. The summed E-state index contributed by atoms with van der Waals surface area (Å²) in [5.74, 6) is 0.126. The van der Waals surface area contributed by atoms with Gasteiger partial charge in [-0.3, -0.25) is 4.79 Å². The SMILES string of the molecule is CCN(CCNCc1ccc(-c2ccc(Cl)cc2)cc1)C(C)=O. The van der Waals surface area contributed by atoms with Gasteiger partial charge in [0.15, 0.2) is 0 Å². The topological polar surface area (TPSA) is 32.3 Å². The van der Waals surface area contributed by atoms with E-state index in [-0.39, 0.29) is 5.91 Å². The van der Waals surface area contributed by atoms with Crippen LogP contribution in [0.2, 0.25) is 5.02 Å². The summed E-state index contributed by atoms with van der Waals surface area (Å²) in [7, 11) is 0. The minimum absolute atomic E-state index is 0.126. The summed E-state index contributed by atoms with van der Waals surface area (Å²) in [4.78, 5) is 13.2. The van der Waals surface area contributed by atoms with Crippen LogP contribution in [0.4, 0.5) is 0 Å². The van der Waals surface area contributed by atoms with E-state index in [1.807, 2.05) is 36.1 Å². The highest BCUT2D eigenvalue weighted by atomic mass is 35.5. The zero-order valence-electron chi connectivity index (χ0n) is 13.7. The first-order valence-corrected chi connectivity index (χ1v) is 8.29. The maximum atomic E-state index is 11.3. The molecule has 0 unspecified atom stereocenters. The van der Waals surface area contributed by atoms with Crippen LogP contribution in [0.5, 0.6) is 0 Å². The molecule has 2 rings (SSSR count). The number of halogens is 1. The Morgan fingerprint density at radius 1 is 1.04 bits per heavy atom. The van der Waals surface area contributed by atoms with Gasteiger partial charge in [-0.05, 0) is 35.7 Å². The molecule has 0 bridgehead atoms. The molecular formula is C19H23ClN2O. The van der Waals surface area contributed by atoms with Crippen LogP contribution in [0, 0.1) is 0 Å². The summed E-state index contributed by atoms with van der Waals surface area (Å²) in [5.41, 5.74) is 3.57. The van der Waals surface area contributed by atoms with E-state index in [1.54, 1.807) is 6.92 Å². The second kappa shape index (κ2) is 8.70. The van der Waals surface area contributed by atoms with E-state index in [4.69, 9.17) is 11.6 Å². The van der Waals surface area contributed by atoms with Gasteiger partial charge in [0.05, 0.1) is 0 Å². The summed E-state index contributed by atoms with van der Waals surface area (Å²) >= 11 is 5.91. The Balaban J connectivity index is 1.83. The van der Waals surface area contributed by atoms with E-state index in [1.165, 1.54) is 11.1 Å². The predicted octanol–water partition coefficient (Wildman–Crippen LogP) is 3.97. The van der Waals surface area contributed by atoms with E-state index >= 15 is 0 Å². The molecule has 0 aromatic heterocycles. The van der Waals surface area contributed by atoms with Crippen molar-refractivity contribution in [1.82, 2.24) is 10.2 Å². The van der Waals surface area contributed by atoms with Crippen molar-refractivity contribution < 1.29 is 4.79 Å². The molecule has 1 N–H and O–H groups in total. The third kappa shape index (κ3) is 5.38. The largest absolute Gasteiger partial charge is 0.342 e. The lowest BCUT2D eigenvalue weighted by atomic mass is 10.0. The number of benzene rings is 2. The molecule has 0 fully saturated rings. The minimum Gasteiger partial charge on any atom is -0.342 e. The van der Waals surface area contributed by atoms with Crippen LogP contribution in [-0.2, 0) is 11.3 Å². The average Bonchev–Trinajstić information content (AvgIpc) is 2.56. The lowest BCUT2D eigenvalue weighted by molar-refractivity contribution is -0.128. The monoisotopic (exact) mass is 330 g/mol. The number of rotatable bonds is 7. The third-order valence-corrected chi connectivity index (χ3v) is 4.10. The molecule has 4 heteroatoms. The molecular weight excluding hydrogens is 308 g/mol.